The first-order chi connectivity index (χ1) is 12.4. The van der Waals surface area contributed by atoms with Gasteiger partial charge in [-0.2, -0.15) is 5.26 Å². The van der Waals surface area contributed by atoms with E-state index in [0.717, 1.165) is 12.0 Å². The van der Waals surface area contributed by atoms with Gasteiger partial charge in [-0.15, -0.1) is 0 Å². The van der Waals surface area contributed by atoms with Crippen LogP contribution in [0.5, 0.6) is 0 Å². The highest BCUT2D eigenvalue weighted by Gasteiger charge is 2.11. The van der Waals surface area contributed by atoms with Crippen LogP contribution in [0.2, 0.25) is 10.0 Å². The minimum Gasteiger partial charge on any atom is -0.383 e. The number of halogens is 2. The molecule has 2 N–H and O–H groups in total. The lowest BCUT2D eigenvalue weighted by molar-refractivity contribution is -0.112. The molecule has 0 fully saturated rings. The van der Waals surface area contributed by atoms with Crippen LogP contribution >= 0.6 is 23.2 Å². The fourth-order valence-electron chi connectivity index (χ4n) is 2.27. The molecule has 2 rings (SSSR count). The Morgan fingerprint density at radius 2 is 1.88 bits per heavy atom. The summed E-state index contributed by atoms with van der Waals surface area (Å²) in [5.74, 6) is -0.521. The normalized spacial score (nSPS) is 12.2. The first kappa shape index (κ1) is 19.8. The highest BCUT2D eigenvalue weighted by Crippen LogP contribution is 2.25. The van der Waals surface area contributed by atoms with Crippen molar-refractivity contribution in [3.05, 3.63) is 75.4 Å². The molecule has 26 heavy (non-hydrogen) atoms. The molecule has 0 bridgehead atoms. The first-order valence-electron chi connectivity index (χ1n) is 8.16. The van der Waals surface area contributed by atoms with Crippen LogP contribution in [0.25, 0.3) is 0 Å². The molecule has 0 heterocycles. The molecular formula is C20H19Cl2N3O. The molecule has 0 aliphatic heterocycles. The van der Waals surface area contributed by atoms with E-state index in [1.165, 1.54) is 17.8 Å². The summed E-state index contributed by atoms with van der Waals surface area (Å²) in [5, 5.41) is 15.7. The van der Waals surface area contributed by atoms with Gasteiger partial charge in [0.05, 0.1) is 10.0 Å². The summed E-state index contributed by atoms with van der Waals surface area (Å²) in [7, 11) is 0. The molecule has 0 saturated carbocycles. The number of rotatable bonds is 6. The van der Waals surface area contributed by atoms with Crippen molar-refractivity contribution in [2.75, 3.05) is 5.32 Å². The third-order valence-corrected chi connectivity index (χ3v) is 4.65. The number of carbonyl (C=O) groups excluding carboxylic acids is 1. The van der Waals surface area contributed by atoms with Crippen molar-refractivity contribution in [2.24, 2.45) is 0 Å². The molecular weight excluding hydrogens is 369 g/mol. The molecule has 0 radical (unpaired) electrons. The summed E-state index contributed by atoms with van der Waals surface area (Å²) in [6.07, 6.45) is 2.40. The minimum atomic E-state index is -0.521. The average molecular weight is 388 g/mol. The summed E-state index contributed by atoms with van der Waals surface area (Å²) in [6, 6.07) is 14.8. The van der Waals surface area contributed by atoms with Crippen LogP contribution in [0.1, 0.15) is 31.0 Å². The number of aryl methyl sites for hydroxylation is 1. The van der Waals surface area contributed by atoms with Crippen molar-refractivity contribution in [3.8, 4) is 6.07 Å². The van der Waals surface area contributed by atoms with E-state index in [9.17, 15) is 10.1 Å². The SMILES string of the molecule is CCc1ccc(C(C)N/C=C(/C#N)C(=O)Nc2ccc(Cl)c(Cl)c2)cc1. The van der Waals surface area contributed by atoms with Crippen LogP contribution in [-0.4, -0.2) is 5.91 Å². The number of benzene rings is 2. The Labute approximate surface area is 163 Å². The van der Waals surface area contributed by atoms with Crippen LogP contribution in [-0.2, 0) is 11.2 Å². The van der Waals surface area contributed by atoms with E-state index in [1.54, 1.807) is 12.1 Å². The Hall–Kier alpha value is -2.48. The topological polar surface area (TPSA) is 64.9 Å². The molecule has 6 heteroatoms. The molecule has 0 aliphatic rings. The molecule has 0 spiro atoms. The molecule has 0 aliphatic carbocycles. The van der Waals surface area contributed by atoms with Crippen molar-refractivity contribution in [1.29, 1.82) is 5.26 Å². The van der Waals surface area contributed by atoms with E-state index < -0.39 is 5.91 Å². The quantitative estimate of drug-likeness (QED) is 0.525. The Morgan fingerprint density at radius 3 is 2.46 bits per heavy atom. The van der Waals surface area contributed by atoms with Crippen LogP contribution in [0.4, 0.5) is 5.69 Å². The molecule has 1 unspecified atom stereocenters. The molecule has 4 nitrogen and oxygen atoms in total. The number of nitrogens with zero attached hydrogens (tertiary/aromatic N) is 1. The maximum absolute atomic E-state index is 12.3. The second kappa shape index (κ2) is 9.28. The Kier molecular flexibility index (Phi) is 7.08. The lowest BCUT2D eigenvalue weighted by Gasteiger charge is -2.13. The molecule has 2 aromatic rings. The minimum absolute atomic E-state index is 0.0342. The van der Waals surface area contributed by atoms with E-state index in [-0.39, 0.29) is 11.6 Å². The van der Waals surface area contributed by atoms with Gasteiger partial charge in [0.15, 0.2) is 0 Å². The standard InChI is InChI=1S/C20H19Cl2N3O/c1-3-14-4-6-15(7-5-14)13(2)24-12-16(11-23)20(26)25-17-8-9-18(21)19(22)10-17/h4-10,12-13,24H,3H2,1-2H3,(H,25,26)/b16-12-. The van der Waals surface area contributed by atoms with E-state index in [0.29, 0.717) is 15.7 Å². The molecule has 0 aromatic heterocycles. The second-order valence-corrected chi connectivity index (χ2v) is 6.55. The average Bonchev–Trinajstić information content (AvgIpc) is 2.65. The number of nitriles is 1. The van der Waals surface area contributed by atoms with Crippen molar-refractivity contribution >= 4 is 34.8 Å². The number of amides is 1. The van der Waals surface area contributed by atoms with Crippen LogP contribution in [0.3, 0.4) is 0 Å². The zero-order valence-electron chi connectivity index (χ0n) is 14.5. The lowest BCUT2D eigenvalue weighted by Crippen LogP contribution is -2.18. The van der Waals surface area contributed by atoms with Crippen LogP contribution < -0.4 is 10.6 Å². The summed E-state index contributed by atoms with van der Waals surface area (Å²) >= 11 is 11.8. The molecule has 0 saturated heterocycles. The van der Waals surface area contributed by atoms with E-state index in [4.69, 9.17) is 23.2 Å². The predicted molar refractivity (Wildman–Crippen MR) is 106 cm³/mol. The van der Waals surface area contributed by atoms with E-state index >= 15 is 0 Å². The zero-order chi connectivity index (χ0) is 19.1. The maximum atomic E-state index is 12.3. The Bertz CT molecular complexity index is 854. The largest absolute Gasteiger partial charge is 0.383 e. The summed E-state index contributed by atoms with van der Waals surface area (Å²) < 4.78 is 0. The van der Waals surface area contributed by atoms with Crippen LogP contribution in [0, 0.1) is 11.3 Å². The summed E-state index contributed by atoms with van der Waals surface area (Å²) in [6.45, 7) is 4.06. The van der Waals surface area contributed by atoms with Gasteiger partial charge in [-0.05, 0) is 42.7 Å². The van der Waals surface area contributed by atoms with Crippen molar-refractivity contribution in [1.82, 2.24) is 5.32 Å². The molecule has 1 amide bonds. The maximum Gasteiger partial charge on any atom is 0.267 e. The zero-order valence-corrected chi connectivity index (χ0v) is 16.0. The van der Waals surface area contributed by atoms with Gasteiger partial charge in [-0.1, -0.05) is 54.4 Å². The van der Waals surface area contributed by atoms with Gasteiger partial charge in [-0.25, -0.2) is 0 Å². The summed E-state index contributed by atoms with van der Waals surface area (Å²) in [5.41, 5.74) is 2.76. The number of hydrogen-bond acceptors (Lipinski definition) is 3. The van der Waals surface area contributed by atoms with Crippen LogP contribution in [0.15, 0.2) is 54.2 Å². The number of carbonyl (C=O) groups is 1. The van der Waals surface area contributed by atoms with Gasteiger partial charge < -0.3 is 10.6 Å². The Balaban J connectivity index is 2.04. The number of hydrogen-bond donors (Lipinski definition) is 2. The third-order valence-electron chi connectivity index (χ3n) is 3.91. The van der Waals surface area contributed by atoms with Gasteiger partial charge in [0.25, 0.3) is 5.91 Å². The third kappa shape index (κ3) is 5.26. The van der Waals surface area contributed by atoms with Gasteiger partial charge in [0.1, 0.15) is 11.6 Å². The van der Waals surface area contributed by atoms with Crippen molar-refractivity contribution < 1.29 is 4.79 Å². The Morgan fingerprint density at radius 1 is 1.19 bits per heavy atom. The van der Waals surface area contributed by atoms with Crippen molar-refractivity contribution in [3.63, 3.8) is 0 Å². The monoisotopic (exact) mass is 387 g/mol. The van der Waals surface area contributed by atoms with E-state index in [2.05, 4.69) is 29.7 Å². The second-order valence-electron chi connectivity index (χ2n) is 5.74. The summed E-state index contributed by atoms with van der Waals surface area (Å²) in [4.78, 5) is 12.3. The smallest absolute Gasteiger partial charge is 0.267 e. The van der Waals surface area contributed by atoms with Gasteiger partial charge >= 0.3 is 0 Å². The fourth-order valence-corrected chi connectivity index (χ4v) is 2.57. The first-order valence-corrected chi connectivity index (χ1v) is 8.91. The van der Waals surface area contributed by atoms with Crippen molar-refractivity contribution in [2.45, 2.75) is 26.3 Å². The highest BCUT2D eigenvalue weighted by atomic mass is 35.5. The predicted octanol–water partition coefficient (Wildman–Crippen LogP) is 5.25. The lowest BCUT2D eigenvalue weighted by atomic mass is 10.1. The molecule has 1 atom stereocenters. The molecule has 134 valence electrons. The van der Waals surface area contributed by atoms with Gasteiger partial charge in [-0.3, -0.25) is 4.79 Å². The fraction of sp³-hybridized carbons (Fsp3) is 0.200. The number of anilines is 1. The number of nitrogens with one attached hydrogen (secondary N) is 2. The van der Waals surface area contributed by atoms with Gasteiger partial charge in [0, 0.05) is 17.9 Å². The van der Waals surface area contributed by atoms with E-state index in [1.807, 2.05) is 25.1 Å². The molecule has 2 aromatic carbocycles. The highest BCUT2D eigenvalue weighted by molar-refractivity contribution is 6.42. The van der Waals surface area contributed by atoms with Gasteiger partial charge in [0.2, 0.25) is 0 Å².